The van der Waals surface area contributed by atoms with Crippen molar-refractivity contribution in [2.24, 2.45) is 0 Å². The number of halogens is 1. The van der Waals surface area contributed by atoms with Gasteiger partial charge in [-0.15, -0.1) is 0 Å². The van der Waals surface area contributed by atoms with Gasteiger partial charge in [0.1, 0.15) is 12.4 Å². The van der Waals surface area contributed by atoms with Crippen LogP contribution in [0.15, 0.2) is 42.5 Å². The highest BCUT2D eigenvalue weighted by atomic mass is 35.5. The minimum atomic E-state index is -1.79. The lowest BCUT2D eigenvalue weighted by Crippen LogP contribution is -2.45. The molecule has 0 unspecified atom stereocenters. The van der Waals surface area contributed by atoms with Crippen molar-refractivity contribution in [1.82, 2.24) is 0 Å². The first kappa shape index (κ1) is 18.3. The first-order valence-electron chi connectivity index (χ1n) is 7.19. The molecule has 2 aromatic carbocycles. The van der Waals surface area contributed by atoms with Crippen LogP contribution in [0.3, 0.4) is 0 Å². The lowest BCUT2D eigenvalue weighted by atomic mass is 10.1. The summed E-state index contributed by atoms with van der Waals surface area (Å²) in [5.41, 5.74) is -0.674. The molecule has 0 heterocycles. The van der Waals surface area contributed by atoms with Crippen LogP contribution < -0.4 is 10.1 Å². The Morgan fingerprint density at radius 1 is 1.40 bits per heavy atom. The largest absolute Gasteiger partial charge is 0.490 e. The highest BCUT2D eigenvalue weighted by Crippen LogP contribution is 2.28. The van der Waals surface area contributed by atoms with Crippen molar-refractivity contribution in [3.05, 3.63) is 64.5 Å². The maximum absolute atomic E-state index is 12.2. The molecule has 2 N–H and O–H groups in total. The van der Waals surface area contributed by atoms with E-state index in [-0.39, 0.29) is 17.3 Å². The van der Waals surface area contributed by atoms with Crippen molar-refractivity contribution < 1.29 is 14.6 Å². The molecule has 2 aromatic rings. The molecule has 2 rings (SSSR count). The fraction of sp³-hybridized carbons (Fsp3) is 0.167. The first-order valence-corrected chi connectivity index (χ1v) is 7.57. The van der Waals surface area contributed by atoms with E-state index in [0.29, 0.717) is 17.0 Å². The number of ether oxygens (including phenoxy) is 1. The van der Waals surface area contributed by atoms with Crippen LogP contribution in [0.2, 0.25) is 5.02 Å². The van der Waals surface area contributed by atoms with Crippen LogP contribution in [0.5, 0.6) is 5.75 Å². The van der Waals surface area contributed by atoms with Crippen LogP contribution in [-0.4, -0.2) is 23.2 Å². The Bertz CT molecular complexity index is 865. The number of nitrogens with one attached hydrogen (secondary N) is 1. The van der Waals surface area contributed by atoms with Gasteiger partial charge < -0.3 is 15.2 Å². The highest BCUT2D eigenvalue weighted by molar-refractivity contribution is 6.33. The number of carbonyl (C=O) groups excluding carboxylic acids is 1. The SMILES string of the molecule is C[C@](O)(COc1ccc(C#N)cc1)C(=O)Nc1ccc([15N+]#[13C-])c(Cl)c1. The van der Waals surface area contributed by atoms with Crippen LogP contribution in [0, 0.1) is 17.9 Å². The van der Waals surface area contributed by atoms with E-state index in [1.807, 2.05) is 6.07 Å². The van der Waals surface area contributed by atoms with Crippen LogP contribution in [0.1, 0.15) is 12.5 Å². The van der Waals surface area contributed by atoms with Crippen molar-refractivity contribution in [2.75, 3.05) is 11.9 Å². The van der Waals surface area contributed by atoms with Gasteiger partial charge in [0.05, 0.1) is 18.2 Å². The molecule has 1 amide bonds. The summed E-state index contributed by atoms with van der Waals surface area (Å²) in [5.74, 6) is -0.246. The zero-order valence-electron chi connectivity index (χ0n) is 13.3. The summed E-state index contributed by atoms with van der Waals surface area (Å²) in [4.78, 5) is 15.5. The Kier molecular flexibility index (Phi) is 5.61. The second-order valence-electron chi connectivity index (χ2n) is 5.43. The molecule has 25 heavy (non-hydrogen) atoms. The minimum absolute atomic E-state index is 0.210. The van der Waals surface area contributed by atoms with Gasteiger partial charge in [0.15, 0.2) is 5.60 Å². The molecular formula is C18H14ClN3O3. The third-order valence-corrected chi connectivity index (χ3v) is 3.62. The van der Waals surface area contributed by atoms with Gasteiger partial charge in [-0.2, -0.15) is 5.26 Å². The van der Waals surface area contributed by atoms with Crippen molar-refractivity contribution in [3.8, 4) is 11.8 Å². The number of anilines is 1. The summed E-state index contributed by atoms with van der Waals surface area (Å²) in [6, 6.07) is 12.7. The van der Waals surface area contributed by atoms with Crippen molar-refractivity contribution in [2.45, 2.75) is 12.5 Å². The maximum atomic E-state index is 12.2. The van der Waals surface area contributed by atoms with Crippen molar-refractivity contribution in [1.29, 1.82) is 5.26 Å². The number of rotatable bonds is 5. The van der Waals surface area contributed by atoms with Gasteiger partial charge in [-0.05, 0) is 43.3 Å². The minimum Gasteiger partial charge on any atom is -0.490 e. The molecule has 0 aromatic heterocycles. The lowest BCUT2D eigenvalue weighted by molar-refractivity contribution is -0.135. The Hall–Kier alpha value is -3.06. The number of carbonyl (C=O) groups is 1. The summed E-state index contributed by atoms with van der Waals surface area (Å²) >= 11 is 5.92. The molecule has 126 valence electrons. The average Bonchev–Trinajstić information content (AvgIpc) is 2.60. The molecule has 0 saturated heterocycles. The van der Waals surface area contributed by atoms with Gasteiger partial charge in [-0.25, -0.2) is 4.85 Å². The van der Waals surface area contributed by atoms with Gasteiger partial charge in [-0.3, -0.25) is 4.79 Å². The molecule has 0 fully saturated rings. The summed E-state index contributed by atoms with van der Waals surface area (Å²) < 4.78 is 5.40. The van der Waals surface area contributed by atoms with Crippen LogP contribution in [0.25, 0.3) is 4.85 Å². The lowest BCUT2D eigenvalue weighted by Gasteiger charge is -2.22. The Morgan fingerprint density at radius 2 is 2.08 bits per heavy atom. The van der Waals surface area contributed by atoms with Gasteiger partial charge in [0.25, 0.3) is 5.91 Å². The number of nitriles is 1. The quantitative estimate of drug-likeness (QED) is 0.487. The molecule has 0 bridgehead atoms. The van der Waals surface area contributed by atoms with Crippen LogP contribution >= 0.6 is 11.6 Å². The molecule has 0 aliphatic carbocycles. The summed E-state index contributed by atoms with van der Waals surface area (Å²) in [6.45, 7) is 7.98. The molecule has 0 aliphatic heterocycles. The van der Waals surface area contributed by atoms with E-state index in [1.54, 1.807) is 24.3 Å². The normalized spacial score (nSPS) is 12.4. The highest BCUT2D eigenvalue weighted by Gasteiger charge is 2.31. The number of hydrogen-bond donors (Lipinski definition) is 2. The van der Waals surface area contributed by atoms with Gasteiger partial charge in [0.2, 0.25) is 5.69 Å². The molecule has 0 aliphatic rings. The monoisotopic (exact) mass is 357 g/mol. The molecule has 0 spiro atoms. The summed E-state index contributed by atoms with van der Waals surface area (Å²) in [5, 5.41) is 21.8. The Labute approximate surface area is 150 Å². The van der Waals surface area contributed by atoms with E-state index >= 15 is 0 Å². The van der Waals surface area contributed by atoms with E-state index < -0.39 is 11.5 Å². The predicted octanol–water partition coefficient (Wildman–Crippen LogP) is 3.53. The Balaban J connectivity index is 2.00. The Morgan fingerprint density at radius 3 is 2.64 bits per heavy atom. The van der Waals surface area contributed by atoms with Gasteiger partial charge >= 0.3 is 0 Å². The summed E-state index contributed by atoms with van der Waals surface area (Å²) in [6.07, 6.45) is 0. The van der Waals surface area contributed by atoms with Crippen LogP contribution in [-0.2, 0) is 4.79 Å². The topological polar surface area (TPSA) is 86.7 Å². The van der Waals surface area contributed by atoms with E-state index in [2.05, 4.69) is 10.2 Å². The second-order valence-corrected chi connectivity index (χ2v) is 5.84. The third-order valence-electron chi connectivity index (χ3n) is 3.32. The van der Waals surface area contributed by atoms with E-state index in [0.717, 1.165) is 0 Å². The molecule has 0 radical (unpaired) electrons. The number of aliphatic hydroxyl groups is 1. The molecule has 7 heteroatoms. The summed E-state index contributed by atoms with van der Waals surface area (Å²) in [7, 11) is 0. The zero-order valence-corrected chi connectivity index (χ0v) is 14.0. The third kappa shape index (κ3) is 4.71. The van der Waals surface area contributed by atoms with Crippen LogP contribution in [0.4, 0.5) is 11.4 Å². The molecular weight excluding hydrogens is 344 g/mol. The number of benzene rings is 2. The zero-order chi connectivity index (χ0) is 18.4. The predicted molar refractivity (Wildman–Crippen MR) is 93.6 cm³/mol. The fourth-order valence-electron chi connectivity index (χ4n) is 1.86. The number of hydrogen-bond acceptors (Lipinski definition) is 4. The number of amides is 1. The fourth-order valence-corrected chi connectivity index (χ4v) is 2.08. The van der Waals surface area contributed by atoms with E-state index in [9.17, 15) is 9.90 Å². The maximum Gasteiger partial charge on any atom is 0.259 e. The average molecular weight is 358 g/mol. The van der Waals surface area contributed by atoms with Crippen molar-refractivity contribution >= 4 is 28.9 Å². The van der Waals surface area contributed by atoms with Gasteiger partial charge in [0, 0.05) is 10.7 Å². The second kappa shape index (κ2) is 7.67. The van der Waals surface area contributed by atoms with E-state index in [4.69, 9.17) is 28.2 Å². The molecule has 0 saturated carbocycles. The smallest absolute Gasteiger partial charge is 0.259 e. The van der Waals surface area contributed by atoms with Gasteiger partial charge in [-0.1, -0.05) is 17.7 Å². The molecule has 6 nitrogen and oxygen atoms in total. The molecule has 1 atom stereocenters. The van der Waals surface area contributed by atoms with Crippen molar-refractivity contribution in [3.63, 3.8) is 0 Å². The van der Waals surface area contributed by atoms with E-state index in [1.165, 1.54) is 25.1 Å². The first-order chi connectivity index (χ1) is 11.9. The standard InChI is InChI=1S/C18H14ClN3O3/c1-18(24,11-25-14-6-3-12(10-20)4-7-14)17(23)22-13-5-8-16(21-2)15(19)9-13/h3-9,24H,11H2,1H3,(H,22,23)/t18-/m0/s1/i2+1,21+1. The number of nitrogens with zero attached hydrogens (tertiary/aromatic N) is 2.